The van der Waals surface area contributed by atoms with E-state index in [9.17, 15) is 4.79 Å². The number of urea groups is 1. The van der Waals surface area contributed by atoms with Gasteiger partial charge in [0, 0.05) is 55.8 Å². The lowest BCUT2D eigenvalue weighted by Crippen LogP contribution is -2.40. The maximum absolute atomic E-state index is 12.1. The number of hydrogen-bond acceptors (Lipinski definition) is 4. The Balaban J connectivity index is 1.49. The standard InChI is InChI=1S/C18H24N4OS/c1-13(17-19-8-10-24-17)11-20-18(23)21-12-14-7-9-22(2)16-6-4-3-5-15(14)16/h3-6,8,10,13-14H,7,9,11-12H2,1-2H3,(H2,20,21,23)/t13-,14-/m1/s1. The van der Waals surface area contributed by atoms with Crippen molar-refractivity contribution in [2.75, 3.05) is 31.6 Å². The number of nitrogens with one attached hydrogen (secondary N) is 2. The minimum atomic E-state index is -0.102. The zero-order chi connectivity index (χ0) is 16.9. The summed E-state index contributed by atoms with van der Waals surface area (Å²) in [5.74, 6) is 0.611. The number of nitrogens with zero attached hydrogens (tertiary/aromatic N) is 2. The zero-order valence-electron chi connectivity index (χ0n) is 14.2. The molecule has 1 aliphatic heterocycles. The van der Waals surface area contributed by atoms with Crippen LogP contribution in [0.25, 0.3) is 0 Å². The summed E-state index contributed by atoms with van der Waals surface area (Å²) in [6.07, 6.45) is 2.86. The Hall–Kier alpha value is -2.08. The maximum atomic E-state index is 12.1. The topological polar surface area (TPSA) is 57.3 Å². The average Bonchev–Trinajstić information content (AvgIpc) is 3.14. The quantitative estimate of drug-likeness (QED) is 0.876. The van der Waals surface area contributed by atoms with Crippen molar-refractivity contribution in [1.82, 2.24) is 15.6 Å². The number of hydrogen-bond donors (Lipinski definition) is 2. The molecule has 1 aliphatic rings. The highest BCUT2D eigenvalue weighted by Gasteiger charge is 2.23. The minimum Gasteiger partial charge on any atom is -0.374 e. The summed E-state index contributed by atoms with van der Waals surface area (Å²) in [5, 5.41) is 8.99. The molecule has 0 spiro atoms. The Morgan fingerprint density at radius 2 is 2.25 bits per heavy atom. The van der Waals surface area contributed by atoms with Gasteiger partial charge in [0.2, 0.25) is 0 Å². The van der Waals surface area contributed by atoms with Crippen molar-refractivity contribution >= 4 is 23.1 Å². The van der Waals surface area contributed by atoms with Gasteiger partial charge in [-0.05, 0) is 18.1 Å². The van der Waals surface area contributed by atoms with Crippen molar-refractivity contribution in [1.29, 1.82) is 0 Å². The van der Waals surface area contributed by atoms with Crippen LogP contribution in [-0.2, 0) is 0 Å². The first-order valence-corrected chi connectivity index (χ1v) is 9.24. The van der Waals surface area contributed by atoms with Crippen LogP contribution in [0.5, 0.6) is 0 Å². The summed E-state index contributed by atoms with van der Waals surface area (Å²) in [6.45, 7) is 4.37. The molecule has 0 saturated heterocycles. The first kappa shape index (κ1) is 16.8. The Morgan fingerprint density at radius 1 is 1.42 bits per heavy atom. The van der Waals surface area contributed by atoms with Crippen LogP contribution >= 0.6 is 11.3 Å². The third kappa shape index (κ3) is 3.87. The molecule has 0 fully saturated rings. The van der Waals surface area contributed by atoms with Gasteiger partial charge in [0.1, 0.15) is 0 Å². The van der Waals surface area contributed by atoms with Gasteiger partial charge in [0.05, 0.1) is 5.01 Å². The molecule has 2 amide bonds. The average molecular weight is 344 g/mol. The molecule has 6 heteroatoms. The fourth-order valence-electron chi connectivity index (χ4n) is 3.11. The number of aromatic nitrogens is 1. The van der Waals surface area contributed by atoms with E-state index in [0.29, 0.717) is 19.0 Å². The molecule has 0 bridgehead atoms. The summed E-state index contributed by atoms with van der Waals surface area (Å²) in [5.41, 5.74) is 2.59. The predicted octanol–water partition coefficient (Wildman–Crippen LogP) is 3.17. The van der Waals surface area contributed by atoms with Gasteiger partial charge in [0.25, 0.3) is 0 Å². The number of carbonyl (C=O) groups excluding carboxylic acids is 1. The first-order chi connectivity index (χ1) is 11.6. The second kappa shape index (κ2) is 7.66. The fraction of sp³-hybridized carbons (Fsp3) is 0.444. The van der Waals surface area contributed by atoms with E-state index in [1.165, 1.54) is 11.3 Å². The second-order valence-electron chi connectivity index (χ2n) is 6.33. The van der Waals surface area contributed by atoms with Crippen LogP contribution in [-0.4, -0.2) is 37.7 Å². The molecule has 5 nitrogen and oxygen atoms in total. The van der Waals surface area contributed by atoms with Crippen LogP contribution in [0.1, 0.15) is 35.8 Å². The first-order valence-electron chi connectivity index (χ1n) is 8.36. The number of benzene rings is 1. The van der Waals surface area contributed by atoms with Crippen LogP contribution < -0.4 is 15.5 Å². The lowest BCUT2D eigenvalue weighted by atomic mass is 9.90. The summed E-state index contributed by atoms with van der Waals surface area (Å²) in [6, 6.07) is 8.35. The van der Waals surface area contributed by atoms with E-state index in [-0.39, 0.29) is 11.9 Å². The Labute approximate surface area is 147 Å². The van der Waals surface area contributed by atoms with Crippen molar-refractivity contribution in [2.24, 2.45) is 0 Å². The number of rotatable bonds is 5. The number of para-hydroxylation sites is 1. The van der Waals surface area contributed by atoms with Crippen LogP contribution in [0, 0.1) is 0 Å². The predicted molar refractivity (Wildman–Crippen MR) is 99.0 cm³/mol. The zero-order valence-corrected chi connectivity index (χ0v) is 15.0. The van der Waals surface area contributed by atoms with E-state index >= 15 is 0 Å². The van der Waals surface area contributed by atoms with E-state index in [1.54, 1.807) is 17.5 Å². The third-order valence-corrected chi connectivity index (χ3v) is 5.56. The lowest BCUT2D eigenvalue weighted by molar-refractivity contribution is 0.239. The molecule has 1 aromatic carbocycles. The monoisotopic (exact) mass is 344 g/mol. The van der Waals surface area contributed by atoms with E-state index in [1.807, 2.05) is 5.38 Å². The highest BCUT2D eigenvalue weighted by molar-refractivity contribution is 7.09. The van der Waals surface area contributed by atoms with Gasteiger partial charge in [0.15, 0.2) is 0 Å². The number of amides is 2. The molecule has 128 valence electrons. The molecular formula is C18H24N4OS. The van der Waals surface area contributed by atoms with Gasteiger partial charge >= 0.3 is 6.03 Å². The Bertz CT molecular complexity index is 673. The molecule has 3 rings (SSSR count). The van der Waals surface area contributed by atoms with Crippen LogP contribution in [0.3, 0.4) is 0 Å². The number of thiazole rings is 1. The van der Waals surface area contributed by atoms with Gasteiger partial charge in [-0.15, -0.1) is 11.3 Å². The molecule has 1 aromatic heterocycles. The molecule has 2 atom stereocenters. The van der Waals surface area contributed by atoms with Gasteiger partial charge < -0.3 is 15.5 Å². The van der Waals surface area contributed by atoms with E-state index in [4.69, 9.17) is 0 Å². The molecule has 2 aromatic rings. The largest absolute Gasteiger partial charge is 0.374 e. The van der Waals surface area contributed by atoms with Crippen LogP contribution in [0.4, 0.5) is 10.5 Å². The van der Waals surface area contributed by atoms with Crippen LogP contribution in [0.2, 0.25) is 0 Å². The highest BCUT2D eigenvalue weighted by Crippen LogP contribution is 2.33. The van der Waals surface area contributed by atoms with E-state index < -0.39 is 0 Å². The van der Waals surface area contributed by atoms with Crippen molar-refractivity contribution in [3.63, 3.8) is 0 Å². The summed E-state index contributed by atoms with van der Waals surface area (Å²) in [7, 11) is 2.12. The van der Waals surface area contributed by atoms with E-state index in [0.717, 1.165) is 18.0 Å². The van der Waals surface area contributed by atoms with Gasteiger partial charge in [-0.2, -0.15) is 0 Å². The molecule has 0 unspecified atom stereocenters. The van der Waals surface area contributed by atoms with Crippen LogP contribution in [0.15, 0.2) is 35.8 Å². The fourth-order valence-corrected chi connectivity index (χ4v) is 3.81. The third-order valence-electron chi connectivity index (χ3n) is 4.55. The Kier molecular flexibility index (Phi) is 5.35. The number of anilines is 1. The normalized spacial score (nSPS) is 17.9. The minimum absolute atomic E-state index is 0.102. The molecule has 24 heavy (non-hydrogen) atoms. The van der Waals surface area contributed by atoms with Crippen molar-refractivity contribution < 1.29 is 4.79 Å². The molecule has 0 aliphatic carbocycles. The molecule has 2 heterocycles. The van der Waals surface area contributed by atoms with Crippen molar-refractivity contribution in [3.05, 3.63) is 46.4 Å². The SMILES string of the molecule is C[C@H](CNC(=O)NC[C@H]1CCN(C)c2ccccc21)c1nccs1. The highest BCUT2D eigenvalue weighted by atomic mass is 32.1. The van der Waals surface area contributed by atoms with Gasteiger partial charge in [-0.1, -0.05) is 25.1 Å². The van der Waals surface area contributed by atoms with Gasteiger partial charge in [-0.3, -0.25) is 0 Å². The molecular weight excluding hydrogens is 320 g/mol. The number of fused-ring (bicyclic) bond motifs is 1. The lowest BCUT2D eigenvalue weighted by Gasteiger charge is -2.33. The molecule has 0 saturated carbocycles. The van der Waals surface area contributed by atoms with E-state index in [2.05, 4.69) is 58.8 Å². The summed E-state index contributed by atoms with van der Waals surface area (Å²) < 4.78 is 0. The summed E-state index contributed by atoms with van der Waals surface area (Å²) in [4.78, 5) is 18.7. The molecule has 2 N–H and O–H groups in total. The maximum Gasteiger partial charge on any atom is 0.314 e. The Morgan fingerprint density at radius 3 is 3.04 bits per heavy atom. The van der Waals surface area contributed by atoms with Crippen molar-refractivity contribution in [2.45, 2.75) is 25.2 Å². The van der Waals surface area contributed by atoms with Crippen molar-refractivity contribution in [3.8, 4) is 0 Å². The molecule has 0 radical (unpaired) electrons. The van der Waals surface area contributed by atoms with Gasteiger partial charge in [-0.25, -0.2) is 9.78 Å². The smallest absolute Gasteiger partial charge is 0.314 e. The number of carbonyl (C=O) groups is 1. The summed E-state index contributed by atoms with van der Waals surface area (Å²) >= 11 is 1.62. The second-order valence-corrected chi connectivity index (χ2v) is 7.25.